The molecule has 2 rings (SSSR count). The number of benzene rings is 2. The van der Waals surface area contributed by atoms with Gasteiger partial charge in [-0.25, -0.2) is 4.79 Å². The van der Waals surface area contributed by atoms with E-state index in [1.165, 1.54) is 12.1 Å². The standard InChI is InChI=1S/C16H13NO4/c1-11(2)16(18)21-15-9-4-3-8-14(15)12-6-5-7-13(10-12)17(19)20/h3-10H,1H2,2H3. The number of ether oxygens (including phenoxy) is 1. The van der Waals surface area contributed by atoms with Gasteiger partial charge in [0.05, 0.1) is 4.92 Å². The molecule has 0 bridgehead atoms. The number of nitro groups is 1. The summed E-state index contributed by atoms with van der Waals surface area (Å²) in [5.41, 5.74) is 1.47. The molecular weight excluding hydrogens is 270 g/mol. The fourth-order valence-corrected chi connectivity index (χ4v) is 1.77. The molecule has 0 amide bonds. The predicted molar refractivity (Wildman–Crippen MR) is 79.0 cm³/mol. The molecule has 0 radical (unpaired) electrons. The maximum absolute atomic E-state index is 11.6. The van der Waals surface area contributed by atoms with Crippen molar-refractivity contribution in [3.05, 3.63) is 70.8 Å². The van der Waals surface area contributed by atoms with Gasteiger partial charge in [-0.3, -0.25) is 10.1 Å². The highest BCUT2D eigenvalue weighted by Crippen LogP contribution is 2.32. The van der Waals surface area contributed by atoms with E-state index < -0.39 is 10.9 Å². The Morgan fingerprint density at radius 3 is 2.57 bits per heavy atom. The fraction of sp³-hybridized carbons (Fsp3) is 0.0625. The van der Waals surface area contributed by atoms with Gasteiger partial charge in [-0.2, -0.15) is 0 Å². The lowest BCUT2D eigenvalue weighted by Gasteiger charge is -2.10. The van der Waals surface area contributed by atoms with E-state index in [2.05, 4.69) is 6.58 Å². The minimum absolute atomic E-state index is 0.0199. The van der Waals surface area contributed by atoms with Gasteiger partial charge < -0.3 is 4.74 Å². The van der Waals surface area contributed by atoms with Crippen molar-refractivity contribution in [2.45, 2.75) is 6.92 Å². The van der Waals surface area contributed by atoms with Gasteiger partial charge in [-0.05, 0) is 18.6 Å². The summed E-state index contributed by atoms with van der Waals surface area (Å²) in [5.74, 6) is -0.195. The van der Waals surface area contributed by atoms with Gasteiger partial charge in [0.15, 0.2) is 0 Å². The van der Waals surface area contributed by atoms with Gasteiger partial charge in [0.2, 0.25) is 0 Å². The average molecular weight is 283 g/mol. The van der Waals surface area contributed by atoms with Crippen molar-refractivity contribution in [2.75, 3.05) is 0 Å². The van der Waals surface area contributed by atoms with Crippen molar-refractivity contribution in [3.8, 4) is 16.9 Å². The molecule has 0 atom stereocenters. The number of nitro benzene ring substituents is 1. The Morgan fingerprint density at radius 2 is 1.90 bits per heavy atom. The highest BCUT2D eigenvalue weighted by molar-refractivity contribution is 5.90. The van der Waals surface area contributed by atoms with Crippen LogP contribution >= 0.6 is 0 Å². The van der Waals surface area contributed by atoms with Gasteiger partial charge in [0.25, 0.3) is 5.69 Å². The molecule has 0 saturated carbocycles. The molecule has 0 aliphatic heterocycles. The molecule has 0 saturated heterocycles. The number of non-ortho nitro benzene ring substituents is 1. The normalized spacial score (nSPS) is 9.95. The van der Waals surface area contributed by atoms with E-state index >= 15 is 0 Å². The lowest BCUT2D eigenvalue weighted by atomic mass is 10.0. The molecular formula is C16H13NO4. The molecule has 0 unspecified atom stereocenters. The van der Waals surface area contributed by atoms with Gasteiger partial charge in [-0.15, -0.1) is 0 Å². The Bertz CT molecular complexity index is 722. The van der Waals surface area contributed by atoms with Crippen LogP contribution in [0.4, 0.5) is 5.69 Å². The highest BCUT2D eigenvalue weighted by Gasteiger charge is 2.13. The van der Waals surface area contributed by atoms with Gasteiger partial charge in [0.1, 0.15) is 5.75 Å². The summed E-state index contributed by atoms with van der Waals surface area (Å²) in [4.78, 5) is 22.0. The number of rotatable bonds is 4. The quantitative estimate of drug-likeness (QED) is 0.282. The molecule has 0 aliphatic carbocycles. The van der Waals surface area contributed by atoms with Crippen LogP contribution in [0.5, 0.6) is 5.75 Å². The number of hydrogen-bond acceptors (Lipinski definition) is 4. The van der Waals surface area contributed by atoms with E-state index in [0.717, 1.165) is 0 Å². The summed E-state index contributed by atoms with van der Waals surface area (Å²) in [6.45, 7) is 5.08. The van der Waals surface area contributed by atoms with Crippen LogP contribution in [0.2, 0.25) is 0 Å². The summed E-state index contributed by atoms with van der Waals surface area (Å²) in [5, 5.41) is 10.8. The molecule has 5 nitrogen and oxygen atoms in total. The molecule has 2 aromatic rings. The average Bonchev–Trinajstić information content (AvgIpc) is 2.47. The van der Waals surface area contributed by atoms with Crippen molar-refractivity contribution < 1.29 is 14.5 Å². The van der Waals surface area contributed by atoms with Crippen LogP contribution in [0.25, 0.3) is 11.1 Å². The van der Waals surface area contributed by atoms with Crippen LogP contribution < -0.4 is 4.74 Å². The third-order valence-electron chi connectivity index (χ3n) is 2.81. The van der Waals surface area contributed by atoms with Gasteiger partial charge >= 0.3 is 5.97 Å². The first-order valence-electron chi connectivity index (χ1n) is 6.20. The van der Waals surface area contributed by atoms with Crippen LogP contribution in [-0.2, 0) is 4.79 Å². The minimum Gasteiger partial charge on any atom is -0.423 e. The number of para-hydroxylation sites is 1. The topological polar surface area (TPSA) is 69.4 Å². The van der Waals surface area contributed by atoms with E-state index in [-0.39, 0.29) is 11.3 Å². The Hall–Kier alpha value is -2.95. The van der Waals surface area contributed by atoms with E-state index in [1.54, 1.807) is 43.3 Å². The molecule has 0 aromatic heterocycles. The number of esters is 1. The molecule has 106 valence electrons. The maximum atomic E-state index is 11.6. The second kappa shape index (κ2) is 6.00. The molecule has 21 heavy (non-hydrogen) atoms. The summed E-state index contributed by atoms with van der Waals surface area (Å²) >= 11 is 0. The number of hydrogen-bond donors (Lipinski definition) is 0. The van der Waals surface area contributed by atoms with Crippen LogP contribution in [0.3, 0.4) is 0 Å². The van der Waals surface area contributed by atoms with Crippen molar-refractivity contribution in [1.82, 2.24) is 0 Å². The Balaban J connectivity index is 2.45. The Labute approximate surface area is 121 Å². The van der Waals surface area contributed by atoms with E-state index in [0.29, 0.717) is 16.9 Å². The van der Waals surface area contributed by atoms with E-state index in [1.807, 2.05) is 0 Å². The number of carbonyl (C=O) groups excluding carboxylic acids is 1. The van der Waals surface area contributed by atoms with Crippen LogP contribution in [-0.4, -0.2) is 10.9 Å². The minimum atomic E-state index is -0.534. The molecule has 0 N–H and O–H groups in total. The third-order valence-corrected chi connectivity index (χ3v) is 2.81. The van der Waals surface area contributed by atoms with Gasteiger partial charge in [0, 0.05) is 23.3 Å². The van der Waals surface area contributed by atoms with Crippen molar-refractivity contribution >= 4 is 11.7 Å². The second-order valence-corrected chi connectivity index (χ2v) is 4.47. The largest absolute Gasteiger partial charge is 0.423 e. The van der Waals surface area contributed by atoms with E-state index in [4.69, 9.17) is 4.74 Å². The highest BCUT2D eigenvalue weighted by atomic mass is 16.6. The zero-order valence-electron chi connectivity index (χ0n) is 11.4. The van der Waals surface area contributed by atoms with E-state index in [9.17, 15) is 14.9 Å². The first kappa shape index (κ1) is 14.5. The summed E-state index contributed by atoms with van der Waals surface area (Å²) < 4.78 is 5.25. The lowest BCUT2D eigenvalue weighted by Crippen LogP contribution is -2.08. The molecule has 0 heterocycles. The molecule has 0 fully saturated rings. The SMILES string of the molecule is C=C(C)C(=O)Oc1ccccc1-c1cccc([N+](=O)[O-])c1. The van der Waals surface area contributed by atoms with Gasteiger partial charge in [-0.1, -0.05) is 36.9 Å². The monoisotopic (exact) mass is 283 g/mol. The Morgan fingerprint density at radius 1 is 1.19 bits per heavy atom. The van der Waals surface area contributed by atoms with Crippen molar-refractivity contribution in [3.63, 3.8) is 0 Å². The molecule has 0 aliphatic rings. The zero-order chi connectivity index (χ0) is 15.4. The van der Waals surface area contributed by atoms with Crippen LogP contribution in [0.15, 0.2) is 60.7 Å². The summed E-state index contributed by atoms with van der Waals surface area (Å²) in [6, 6.07) is 13.0. The van der Waals surface area contributed by atoms with Crippen molar-refractivity contribution in [2.24, 2.45) is 0 Å². The summed E-state index contributed by atoms with van der Waals surface area (Å²) in [7, 11) is 0. The predicted octanol–water partition coefficient (Wildman–Crippen LogP) is 3.74. The number of nitrogens with zero attached hydrogens (tertiary/aromatic N) is 1. The lowest BCUT2D eigenvalue weighted by molar-refractivity contribution is -0.384. The van der Waals surface area contributed by atoms with Crippen LogP contribution in [0, 0.1) is 10.1 Å². The zero-order valence-corrected chi connectivity index (χ0v) is 11.4. The Kier molecular flexibility index (Phi) is 4.13. The second-order valence-electron chi connectivity index (χ2n) is 4.47. The smallest absolute Gasteiger partial charge is 0.338 e. The molecule has 5 heteroatoms. The maximum Gasteiger partial charge on any atom is 0.338 e. The first-order chi connectivity index (χ1) is 9.99. The van der Waals surface area contributed by atoms with Crippen LogP contribution in [0.1, 0.15) is 6.92 Å². The first-order valence-corrected chi connectivity index (χ1v) is 6.20. The summed E-state index contributed by atoms with van der Waals surface area (Å²) in [6.07, 6.45) is 0. The molecule has 0 spiro atoms. The third kappa shape index (κ3) is 3.33. The van der Waals surface area contributed by atoms with Crippen molar-refractivity contribution in [1.29, 1.82) is 0 Å². The number of carbonyl (C=O) groups is 1. The molecule has 2 aromatic carbocycles. The fourth-order valence-electron chi connectivity index (χ4n) is 1.77.